The maximum Gasteiger partial charge on any atom is 0.108 e. The van der Waals surface area contributed by atoms with E-state index in [1.807, 2.05) is 0 Å². The fourth-order valence-electron chi connectivity index (χ4n) is 4.01. The minimum absolute atomic E-state index is 0.415. The average Bonchev–Trinajstić information content (AvgIpc) is 2.86. The summed E-state index contributed by atoms with van der Waals surface area (Å²) >= 11 is 7.28. The van der Waals surface area contributed by atoms with Crippen molar-refractivity contribution >= 4 is 11.6 Å². The lowest BCUT2D eigenvalue weighted by Gasteiger charge is -2.38. The summed E-state index contributed by atoms with van der Waals surface area (Å²) in [7, 11) is 0. The number of rotatable bonds is 3. The Bertz CT molecular complexity index is 659. The number of halogens is 1. The molecule has 23 heavy (non-hydrogen) atoms. The lowest BCUT2D eigenvalue weighted by Crippen LogP contribution is -2.49. The molecule has 0 N–H and O–H groups in total. The second-order valence-corrected chi connectivity index (χ2v) is 7.25. The molecule has 120 valence electrons. The molecule has 2 aliphatic rings. The zero-order valence-electron chi connectivity index (χ0n) is 13.6. The van der Waals surface area contributed by atoms with Crippen molar-refractivity contribution in [3.63, 3.8) is 0 Å². The lowest BCUT2D eigenvalue weighted by molar-refractivity contribution is 0.131. The van der Waals surface area contributed by atoms with Crippen LogP contribution in [0.1, 0.15) is 18.1 Å². The van der Waals surface area contributed by atoms with Crippen LogP contribution in [0.5, 0.6) is 0 Å². The minimum Gasteiger partial charge on any atom is -0.301 e. The van der Waals surface area contributed by atoms with Gasteiger partial charge in [-0.25, -0.2) is 0 Å². The van der Waals surface area contributed by atoms with Gasteiger partial charge in [-0.15, -0.1) is 11.6 Å². The van der Waals surface area contributed by atoms with Gasteiger partial charge < -0.3 is 4.90 Å². The van der Waals surface area contributed by atoms with Crippen LogP contribution in [-0.4, -0.2) is 49.1 Å². The monoisotopic (exact) mass is 326 g/mol. The van der Waals surface area contributed by atoms with E-state index in [0.717, 1.165) is 39.3 Å². The Morgan fingerprint density at radius 1 is 0.826 bits per heavy atom. The molecule has 1 aliphatic heterocycles. The summed E-state index contributed by atoms with van der Waals surface area (Å²) in [6.45, 7) is 8.77. The van der Waals surface area contributed by atoms with Crippen molar-refractivity contribution < 1.29 is 0 Å². The molecule has 1 saturated heterocycles. The van der Waals surface area contributed by atoms with Crippen molar-refractivity contribution in [2.75, 3.05) is 39.3 Å². The normalized spacial score (nSPS) is 20.3. The molecule has 0 aromatic heterocycles. The van der Waals surface area contributed by atoms with Gasteiger partial charge in [0.15, 0.2) is 0 Å². The van der Waals surface area contributed by atoms with Gasteiger partial charge in [0.05, 0.1) is 0 Å². The first-order chi connectivity index (χ1) is 11.2. The number of hydrogen-bond donors (Lipinski definition) is 0. The van der Waals surface area contributed by atoms with E-state index < -0.39 is 4.87 Å². The van der Waals surface area contributed by atoms with E-state index in [0.29, 0.717) is 0 Å². The zero-order chi connectivity index (χ0) is 15.9. The van der Waals surface area contributed by atoms with Gasteiger partial charge >= 0.3 is 0 Å². The first-order valence-electron chi connectivity index (χ1n) is 8.55. The fraction of sp³-hybridized carbons (Fsp3) is 0.400. The van der Waals surface area contributed by atoms with Crippen LogP contribution in [-0.2, 0) is 4.87 Å². The number of nitrogens with zero attached hydrogens (tertiary/aromatic N) is 2. The Morgan fingerprint density at radius 2 is 1.30 bits per heavy atom. The van der Waals surface area contributed by atoms with E-state index in [4.69, 9.17) is 11.6 Å². The summed E-state index contributed by atoms with van der Waals surface area (Å²) in [5.74, 6) is 0. The molecule has 0 saturated carbocycles. The quantitative estimate of drug-likeness (QED) is 0.792. The van der Waals surface area contributed by atoms with Crippen LogP contribution in [0.25, 0.3) is 11.1 Å². The van der Waals surface area contributed by atoms with Crippen LogP contribution < -0.4 is 0 Å². The third-order valence-corrected chi connectivity index (χ3v) is 5.88. The van der Waals surface area contributed by atoms with Gasteiger partial charge in [0.2, 0.25) is 0 Å². The Morgan fingerprint density at radius 3 is 1.83 bits per heavy atom. The van der Waals surface area contributed by atoms with Gasteiger partial charge in [-0.05, 0) is 28.8 Å². The second kappa shape index (κ2) is 5.94. The molecule has 0 atom stereocenters. The van der Waals surface area contributed by atoms with Gasteiger partial charge in [-0.3, -0.25) is 4.90 Å². The number of alkyl halides is 1. The standard InChI is InChI=1S/C20H23ClN2/c1-2-22-11-13-23(14-12-22)15-20(21)18-9-5-3-7-16(18)17-8-4-6-10-19(17)20/h3-10H,2,11-15H2,1H3. The second-order valence-electron chi connectivity index (χ2n) is 6.60. The number of benzene rings is 2. The summed E-state index contributed by atoms with van der Waals surface area (Å²) < 4.78 is 0. The topological polar surface area (TPSA) is 6.48 Å². The Hall–Kier alpha value is -1.35. The highest BCUT2D eigenvalue weighted by molar-refractivity contribution is 6.28. The molecular weight excluding hydrogens is 304 g/mol. The third kappa shape index (κ3) is 2.50. The minimum atomic E-state index is -0.415. The molecule has 0 spiro atoms. The van der Waals surface area contributed by atoms with Crippen molar-refractivity contribution in [1.82, 2.24) is 9.80 Å². The maximum absolute atomic E-state index is 7.28. The molecule has 1 heterocycles. The van der Waals surface area contributed by atoms with Crippen molar-refractivity contribution in [2.24, 2.45) is 0 Å². The molecule has 2 nitrogen and oxygen atoms in total. The van der Waals surface area contributed by atoms with E-state index >= 15 is 0 Å². The van der Waals surface area contributed by atoms with Crippen LogP contribution in [0, 0.1) is 0 Å². The summed E-state index contributed by atoms with van der Waals surface area (Å²) in [5.41, 5.74) is 5.12. The van der Waals surface area contributed by atoms with Crippen molar-refractivity contribution in [2.45, 2.75) is 11.8 Å². The molecule has 2 aromatic rings. The smallest absolute Gasteiger partial charge is 0.108 e. The maximum atomic E-state index is 7.28. The van der Waals surface area contributed by atoms with E-state index in [1.54, 1.807) is 0 Å². The van der Waals surface area contributed by atoms with E-state index in [2.05, 4.69) is 65.3 Å². The van der Waals surface area contributed by atoms with Crippen LogP contribution in [0.3, 0.4) is 0 Å². The number of piperazine rings is 1. The summed E-state index contributed by atoms with van der Waals surface area (Å²) in [6.07, 6.45) is 0. The Balaban J connectivity index is 1.67. The summed E-state index contributed by atoms with van der Waals surface area (Å²) in [4.78, 5) is 4.62. The highest BCUT2D eigenvalue weighted by Gasteiger charge is 2.42. The molecule has 1 fully saturated rings. The largest absolute Gasteiger partial charge is 0.301 e. The van der Waals surface area contributed by atoms with Gasteiger partial charge in [-0.2, -0.15) is 0 Å². The summed E-state index contributed by atoms with van der Waals surface area (Å²) in [5, 5.41) is 0. The summed E-state index contributed by atoms with van der Waals surface area (Å²) in [6, 6.07) is 17.2. The highest BCUT2D eigenvalue weighted by Crippen LogP contribution is 2.51. The molecule has 2 aromatic carbocycles. The molecule has 0 unspecified atom stereocenters. The van der Waals surface area contributed by atoms with Crippen molar-refractivity contribution in [3.8, 4) is 11.1 Å². The number of hydrogen-bond acceptors (Lipinski definition) is 2. The molecule has 4 rings (SSSR count). The molecule has 1 aliphatic carbocycles. The number of likely N-dealkylation sites (N-methyl/N-ethyl adjacent to an activating group) is 1. The van der Waals surface area contributed by atoms with Crippen LogP contribution in [0.15, 0.2) is 48.5 Å². The van der Waals surface area contributed by atoms with Crippen LogP contribution in [0.4, 0.5) is 0 Å². The van der Waals surface area contributed by atoms with Crippen molar-refractivity contribution in [1.29, 1.82) is 0 Å². The fourth-order valence-corrected chi connectivity index (χ4v) is 4.51. The van der Waals surface area contributed by atoms with E-state index in [1.165, 1.54) is 22.3 Å². The van der Waals surface area contributed by atoms with Gasteiger partial charge in [0.25, 0.3) is 0 Å². The van der Waals surface area contributed by atoms with Crippen LogP contribution in [0.2, 0.25) is 0 Å². The van der Waals surface area contributed by atoms with Crippen molar-refractivity contribution in [3.05, 3.63) is 59.7 Å². The van der Waals surface area contributed by atoms with Gasteiger partial charge in [0, 0.05) is 32.7 Å². The number of fused-ring (bicyclic) bond motifs is 3. The lowest BCUT2D eigenvalue weighted by atomic mass is 9.95. The predicted octanol–water partition coefficient (Wildman–Crippen LogP) is 3.79. The first kappa shape index (κ1) is 15.2. The Kier molecular flexibility index (Phi) is 3.92. The predicted molar refractivity (Wildman–Crippen MR) is 97.1 cm³/mol. The molecule has 0 amide bonds. The third-order valence-electron chi connectivity index (χ3n) is 5.35. The SMILES string of the molecule is CCN1CCN(CC2(Cl)c3ccccc3-c3ccccc32)CC1. The molecule has 0 bridgehead atoms. The molecule has 3 heteroatoms. The van der Waals surface area contributed by atoms with Gasteiger partial charge in [-0.1, -0.05) is 55.5 Å². The van der Waals surface area contributed by atoms with Crippen LogP contribution >= 0.6 is 11.6 Å². The average molecular weight is 327 g/mol. The molecule has 0 radical (unpaired) electrons. The van der Waals surface area contributed by atoms with E-state index in [-0.39, 0.29) is 0 Å². The Labute approximate surface area is 143 Å². The molecular formula is C20H23ClN2. The first-order valence-corrected chi connectivity index (χ1v) is 8.93. The van der Waals surface area contributed by atoms with Gasteiger partial charge in [0.1, 0.15) is 4.87 Å². The van der Waals surface area contributed by atoms with E-state index in [9.17, 15) is 0 Å². The zero-order valence-corrected chi connectivity index (χ0v) is 14.4. The highest BCUT2D eigenvalue weighted by atomic mass is 35.5.